The van der Waals surface area contributed by atoms with Crippen molar-refractivity contribution in [3.63, 3.8) is 0 Å². The van der Waals surface area contributed by atoms with Gasteiger partial charge in [0.2, 0.25) is 0 Å². The summed E-state index contributed by atoms with van der Waals surface area (Å²) in [7, 11) is 0. The SMILES string of the molecule is c1ccc(-c2nc(-c3cc4c(oc5cccc(-c6ccc(-c7cccc8ccccc78)cc6)c54)c4ccccc34)nc3c2sc2ccccc23)cc1. The third-order valence-electron chi connectivity index (χ3n) is 10.3. The number of fused-ring (bicyclic) bond motifs is 9. The first-order valence-electron chi connectivity index (χ1n) is 17.5. The number of hydrogen-bond donors (Lipinski definition) is 0. The van der Waals surface area contributed by atoms with E-state index in [9.17, 15) is 0 Å². The van der Waals surface area contributed by atoms with Crippen LogP contribution in [0.2, 0.25) is 0 Å². The van der Waals surface area contributed by atoms with Crippen LogP contribution in [-0.2, 0) is 0 Å². The summed E-state index contributed by atoms with van der Waals surface area (Å²) in [4.78, 5) is 10.7. The van der Waals surface area contributed by atoms with Crippen LogP contribution in [0.4, 0.5) is 0 Å². The predicted molar refractivity (Wildman–Crippen MR) is 219 cm³/mol. The summed E-state index contributed by atoms with van der Waals surface area (Å²) in [5.74, 6) is 0.708. The Morgan fingerprint density at radius 3 is 1.94 bits per heavy atom. The smallest absolute Gasteiger partial charge is 0.161 e. The highest BCUT2D eigenvalue weighted by molar-refractivity contribution is 7.26. The molecule has 52 heavy (non-hydrogen) atoms. The molecule has 0 saturated heterocycles. The molecule has 8 aromatic carbocycles. The Morgan fingerprint density at radius 2 is 1.10 bits per heavy atom. The lowest BCUT2D eigenvalue weighted by molar-refractivity contribution is 0.673. The zero-order chi connectivity index (χ0) is 34.2. The van der Waals surface area contributed by atoms with Crippen molar-refractivity contribution in [3.8, 4) is 44.9 Å². The van der Waals surface area contributed by atoms with Crippen molar-refractivity contribution >= 4 is 75.1 Å². The summed E-state index contributed by atoms with van der Waals surface area (Å²) >= 11 is 1.76. The fourth-order valence-electron chi connectivity index (χ4n) is 7.88. The van der Waals surface area contributed by atoms with Crippen LogP contribution >= 0.6 is 11.3 Å². The molecule has 0 aliphatic heterocycles. The van der Waals surface area contributed by atoms with Crippen molar-refractivity contribution in [2.24, 2.45) is 0 Å². The molecule has 3 nitrogen and oxygen atoms in total. The van der Waals surface area contributed by atoms with Gasteiger partial charge in [-0.2, -0.15) is 0 Å². The fraction of sp³-hybridized carbons (Fsp3) is 0. The Bertz CT molecular complexity index is 3170. The van der Waals surface area contributed by atoms with Gasteiger partial charge >= 0.3 is 0 Å². The van der Waals surface area contributed by atoms with Gasteiger partial charge in [-0.1, -0.05) is 152 Å². The highest BCUT2D eigenvalue weighted by atomic mass is 32.1. The van der Waals surface area contributed by atoms with E-state index < -0.39 is 0 Å². The molecule has 0 radical (unpaired) electrons. The van der Waals surface area contributed by atoms with Crippen molar-refractivity contribution in [2.75, 3.05) is 0 Å². The summed E-state index contributed by atoms with van der Waals surface area (Å²) in [5, 5.41) is 7.90. The molecule has 0 amide bonds. The van der Waals surface area contributed by atoms with Crippen LogP contribution < -0.4 is 0 Å². The van der Waals surface area contributed by atoms with E-state index in [1.165, 1.54) is 26.6 Å². The number of furan rings is 1. The molecule has 0 atom stereocenters. The normalized spacial score (nSPS) is 11.8. The van der Waals surface area contributed by atoms with Crippen LogP contribution in [-0.4, -0.2) is 9.97 Å². The van der Waals surface area contributed by atoms with Crippen LogP contribution in [0.5, 0.6) is 0 Å². The highest BCUT2D eigenvalue weighted by Crippen LogP contribution is 2.45. The molecule has 4 heteroatoms. The number of aromatic nitrogens is 2. The molecule has 11 rings (SSSR count). The molecule has 3 aromatic heterocycles. The predicted octanol–water partition coefficient (Wildman–Crippen LogP) is 13.7. The average Bonchev–Trinajstić information content (AvgIpc) is 3.79. The van der Waals surface area contributed by atoms with Crippen molar-refractivity contribution in [2.45, 2.75) is 0 Å². The summed E-state index contributed by atoms with van der Waals surface area (Å²) in [6, 6.07) is 60.1. The number of nitrogens with zero attached hydrogens (tertiary/aromatic N) is 2. The molecule has 0 spiro atoms. The van der Waals surface area contributed by atoms with Crippen molar-refractivity contribution < 1.29 is 4.42 Å². The third-order valence-corrected chi connectivity index (χ3v) is 11.5. The van der Waals surface area contributed by atoms with E-state index in [0.717, 1.165) is 76.3 Å². The lowest BCUT2D eigenvalue weighted by Crippen LogP contribution is -1.94. The minimum atomic E-state index is 0.708. The standard InChI is InChI=1S/C48H28N2OS/c1-2-13-32(14-3-1)44-47-45(38-19-8-9-23-42(38)52-47)50-48(49-44)39-28-40-43-35(21-11-22-41(43)51-46(40)37-18-7-6-17-36(37)39)31-26-24-30(25-27-31)34-20-10-15-29-12-4-5-16-33(29)34/h1-28H. The lowest BCUT2D eigenvalue weighted by Gasteiger charge is -2.11. The van der Waals surface area contributed by atoms with Gasteiger partial charge in [-0.15, -0.1) is 11.3 Å². The van der Waals surface area contributed by atoms with E-state index in [4.69, 9.17) is 14.4 Å². The maximum atomic E-state index is 6.73. The molecule has 0 saturated carbocycles. The van der Waals surface area contributed by atoms with Gasteiger partial charge in [0.05, 0.1) is 15.9 Å². The summed E-state index contributed by atoms with van der Waals surface area (Å²) in [6.45, 7) is 0. The quantitative estimate of drug-likeness (QED) is 0.186. The average molecular weight is 681 g/mol. The number of thiophene rings is 1. The van der Waals surface area contributed by atoms with Gasteiger partial charge in [0.25, 0.3) is 0 Å². The number of hydrogen-bond acceptors (Lipinski definition) is 4. The minimum Gasteiger partial charge on any atom is -0.455 e. The van der Waals surface area contributed by atoms with E-state index in [0.29, 0.717) is 5.82 Å². The maximum Gasteiger partial charge on any atom is 0.161 e. The second-order valence-electron chi connectivity index (χ2n) is 13.3. The second-order valence-corrected chi connectivity index (χ2v) is 14.3. The van der Waals surface area contributed by atoms with Gasteiger partial charge in [0.15, 0.2) is 5.82 Å². The highest BCUT2D eigenvalue weighted by Gasteiger charge is 2.21. The summed E-state index contributed by atoms with van der Waals surface area (Å²) in [5.41, 5.74) is 10.4. The van der Waals surface area contributed by atoms with Crippen LogP contribution in [0.15, 0.2) is 174 Å². The van der Waals surface area contributed by atoms with Gasteiger partial charge in [-0.3, -0.25) is 0 Å². The molecule has 0 aliphatic rings. The monoisotopic (exact) mass is 680 g/mol. The Morgan fingerprint density at radius 1 is 0.442 bits per heavy atom. The van der Waals surface area contributed by atoms with E-state index in [1.807, 2.05) is 6.07 Å². The Balaban J connectivity index is 1.15. The van der Waals surface area contributed by atoms with Crippen LogP contribution in [0, 0.1) is 0 Å². The van der Waals surface area contributed by atoms with E-state index in [2.05, 4.69) is 164 Å². The zero-order valence-electron chi connectivity index (χ0n) is 27.9. The molecule has 242 valence electrons. The molecule has 0 unspecified atom stereocenters. The molecule has 0 N–H and O–H groups in total. The van der Waals surface area contributed by atoms with Gasteiger partial charge in [0, 0.05) is 37.4 Å². The van der Waals surface area contributed by atoms with E-state index >= 15 is 0 Å². The summed E-state index contributed by atoms with van der Waals surface area (Å²) < 4.78 is 9.04. The molecular weight excluding hydrogens is 653 g/mol. The Labute approximate surface area is 303 Å². The van der Waals surface area contributed by atoms with Gasteiger partial charge in [-0.05, 0) is 56.6 Å². The van der Waals surface area contributed by atoms with Crippen LogP contribution in [0.25, 0.3) is 109 Å². The van der Waals surface area contributed by atoms with Crippen LogP contribution in [0.1, 0.15) is 0 Å². The van der Waals surface area contributed by atoms with Gasteiger partial charge < -0.3 is 4.42 Å². The van der Waals surface area contributed by atoms with Gasteiger partial charge in [0.1, 0.15) is 11.2 Å². The van der Waals surface area contributed by atoms with Crippen LogP contribution in [0.3, 0.4) is 0 Å². The first kappa shape index (κ1) is 29.1. The third kappa shape index (κ3) is 4.45. The van der Waals surface area contributed by atoms with Crippen molar-refractivity contribution in [1.29, 1.82) is 0 Å². The zero-order valence-corrected chi connectivity index (χ0v) is 28.7. The van der Waals surface area contributed by atoms with E-state index in [-0.39, 0.29) is 0 Å². The fourth-order valence-corrected chi connectivity index (χ4v) is 9.04. The molecule has 0 aliphatic carbocycles. The van der Waals surface area contributed by atoms with Crippen molar-refractivity contribution in [1.82, 2.24) is 9.97 Å². The second kappa shape index (κ2) is 11.5. The largest absolute Gasteiger partial charge is 0.455 e. The number of benzene rings is 8. The van der Waals surface area contributed by atoms with E-state index in [1.54, 1.807) is 11.3 Å². The topological polar surface area (TPSA) is 38.9 Å². The molecular formula is C48H28N2OS. The minimum absolute atomic E-state index is 0.708. The number of rotatable bonds is 4. The van der Waals surface area contributed by atoms with Crippen molar-refractivity contribution in [3.05, 3.63) is 170 Å². The first-order chi connectivity index (χ1) is 25.8. The Kier molecular flexibility index (Phi) is 6.42. The van der Waals surface area contributed by atoms with Gasteiger partial charge in [-0.25, -0.2) is 9.97 Å². The molecule has 0 bridgehead atoms. The maximum absolute atomic E-state index is 6.73. The molecule has 3 heterocycles. The Hall–Kier alpha value is -6.62. The summed E-state index contributed by atoms with van der Waals surface area (Å²) in [6.07, 6.45) is 0. The molecule has 11 aromatic rings. The first-order valence-corrected chi connectivity index (χ1v) is 18.3. The molecule has 0 fully saturated rings. The lowest BCUT2D eigenvalue weighted by atomic mass is 9.93.